The fraction of sp³-hybridized carbons (Fsp3) is 0.250. The summed E-state index contributed by atoms with van der Waals surface area (Å²) in [4.78, 5) is 4.44. The summed E-state index contributed by atoms with van der Waals surface area (Å²) in [5.41, 5.74) is 3.81. The molecule has 0 aliphatic heterocycles. The molecule has 0 amide bonds. The molecule has 21 heavy (non-hydrogen) atoms. The summed E-state index contributed by atoms with van der Waals surface area (Å²) < 4.78 is 11.4. The predicted molar refractivity (Wildman–Crippen MR) is 85.6 cm³/mol. The van der Waals surface area contributed by atoms with Gasteiger partial charge in [0, 0.05) is 16.5 Å². The third kappa shape index (κ3) is 2.31. The average Bonchev–Trinajstić information content (AvgIpc) is 2.96. The van der Waals surface area contributed by atoms with Crippen molar-refractivity contribution < 1.29 is 9.26 Å². The number of hydrogen-bond acceptors (Lipinski definition) is 4. The molecule has 3 aromatic rings. The van der Waals surface area contributed by atoms with Gasteiger partial charge in [-0.05, 0) is 27.9 Å². The molecule has 0 fully saturated rings. The molecule has 0 saturated carbocycles. The Hall–Kier alpha value is -1.88. The van der Waals surface area contributed by atoms with Crippen molar-refractivity contribution in [3.63, 3.8) is 0 Å². The van der Waals surface area contributed by atoms with Crippen LogP contribution < -0.4 is 4.74 Å². The van der Waals surface area contributed by atoms with Crippen LogP contribution in [0.5, 0.6) is 5.75 Å². The van der Waals surface area contributed by atoms with E-state index in [4.69, 9.17) is 9.26 Å². The topological polar surface area (TPSA) is 48.2 Å². The molecule has 1 aromatic carbocycles. The third-order valence-electron chi connectivity index (χ3n) is 3.49. The Kier molecular flexibility index (Phi) is 3.68. The Bertz CT molecular complexity index is 796. The number of ether oxygens (including phenoxy) is 1. The molecule has 0 saturated heterocycles. The molecule has 4 nitrogen and oxygen atoms in total. The van der Waals surface area contributed by atoms with Crippen LogP contribution in [0.15, 0.2) is 39.7 Å². The van der Waals surface area contributed by atoms with Crippen molar-refractivity contribution in [1.82, 2.24) is 10.1 Å². The van der Waals surface area contributed by atoms with E-state index in [1.807, 2.05) is 18.2 Å². The van der Waals surface area contributed by atoms with Crippen LogP contribution in [0.25, 0.3) is 22.2 Å². The van der Waals surface area contributed by atoms with Crippen molar-refractivity contribution in [2.45, 2.75) is 19.8 Å². The zero-order chi connectivity index (χ0) is 15.0. The summed E-state index contributed by atoms with van der Waals surface area (Å²) in [6.45, 7) is 4.24. The van der Waals surface area contributed by atoms with Crippen molar-refractivity contribution in [2.24, 2.45) is 0 Å². The van der Waals surface area contributed by atoms with E-state index in [1.165, 1.54) is 0 Å². The van der Waals surface area contributed by atoms with Gasteiger partial charge in [0.25, 0.3) is 0 Å². The van der Waals surface area contributed by atoms with E-state index >= 15 is 0 Å². The molecular formula is C16H15BrN2O2. The van der Waals surface area contributed by atoms with E-state index < -0.39 is 0 Å². The maximum absolute atomic E-state index is 5.35. The minimum Gasteiger partial charge on any atom is -0.494 e. The van der Waals surface area contributed by atoms with Crippen molar-refractivity contribution in [2.75, 3.05) is 7.11 Å². The van der Waals surface area contributed by atoms with Crippen molar-refractivity contribution in [3.05, 3.63) is 40.7 Å². The molecule has 2 aromatic heterocycles. The second-order valence-electron chi connectivity index (χ2n) is 5.11. The van der Waals surface area contributed by atoms with Crippen LogP contribution in [-0.4, -0.2) is 17.3 Å². The van der Waals surface area contributed by atoms with Gasteiger partial charge in [0.2, 0.25) is 0 Å². The first-order chi connectivity index (χ1) is 10.1. The first-order valence-electron chi connectivity index (χ1n) is 6.69. The van der Waals surface area contributed by atoms with E-state index in [9.17, 15) is 0 Å². The number of pyridine rings is 1. The number of rotatable bonds is 3. The van der Waals surface area contributed by atoms with Gasteiger partial charge in [0.15, 0.2) is 5.75 Å². The first-order valence-corrected chi connectivity index (χ1v) is 7.48. The second-order valence-corrected chi connectivity index (χ2v) is 5.91. The standard InChI is InChI=1S/C16H15BrN2O2/c1-9(2)11-8-21-19-16(11)10-5-4-6-12-14(10)15(17)13(20-3)7-18-12/h4-9H,1-3H3. The molecule has 0 atom stereocenters. The molecule has 0 unspecified atom stereocenters. The molecule has 108 valence electrons. The molecule has 0 aliphatic carbocycles. The van der Waals surface area contributed by atoms with Gasteiger partial charge in [-0.15, -0.1) is 0 Å². The number of hydrogen-bond donors (Lipinski definition) is 0. The highest BCUT2D eigenvalue weighted by molar-refractivity contribution is 9.10. The van der Waals surface area contributed by atoms with Crippen LogP contribution in [0, 0.1) is 0 Å². The Labute approximate surface area is 131 Å². The number of benzene rings is 1. The van der Waals surface area contributed by atoms with E-state index in [0.717, 1.165) is 32.2 Å². The predicted octanol–water partition coefficient (Wildman–Crippen LogP) is 4.78. The number of halogens is 1. The van der Waals surface area contributed by atoms with Gasteiger partial charge in [-0.3, -0.25) is 4.98 Å². The minimum absolute atomic E-state index is 0.332. The Morgan fingerprint density at radius 2 is 2.10 bits per heavy atom. The van der Waals surface area contributed by atoms with Gasteiger partial charge in [-0.25, -0.2) is 0 Å². The van der Waals surface area contributed by atoms with Crippen LogP contribution in [0.4, 0.5) is 0 Å². The molecule has 0 radical (unpaired) electrons. The maximum Gasteiger partial charge on any atom is 0.151 e. The van der Waals surface area contributed by atoms with E-state index in [1.54, 1.807) is 19.6 Å². The van der Waals surface area contributed by atoms with Gasteiger partial charge in [-0.1, -0.05) is 31.1 Å². The normalized spacial score (nSPS) is 11.3. The second kappa shape index (κ2) is 5.48. The molecule has 0 N–H and O–H groups in total. The van der Waals surface area contributed by atoms with Gasteiger partial charge in [0.1, 0.15) is 12.0 Å². The molecule has 5 heteroatoms. The van der Waals surface area contributed by atoms with Crippen molar-refractivity contribution in [1.29, 1.82) is 0 Å². The number of methoxy groups -OCH3 is 1. The highest BCUT2D eigenvalue weighted by Gasteiger charge is 2.18. The van der Waals surface area contributed by atoms with Crippen LogP contribution in [-0.2, 0) is 0 Å². The van der Waals surface area contributed by atoms with E-state index in [2.05, 4.69) is 39.9 Å². The van der Waals surface area contributed by atoms with Crippen LogP contribution in [0.3, 0.4) is 0 Å². The number of fused-ring (bicyclic) bond motifs is 1. The van der Waals surface area contributed by atoms with Gasteiger partial charge in [0.05, 0.1) is 23.3 Å². The van der Waals surface area contributed by atoms with Crippen LogP contribution in [0.2, 0.25) is 0 Å². The van der Waals surface area contributed by atoms with Crippen LogP contribution in [0.1, 0.15) is 25.3 Å². The Balaban J connectivity index is 2.35. The third-order valence-corrected chi connectivity index (χ3v) is 4.28. The highest BCUT2D eigenvalue weighted by Crippen LogP contribution is 2.39. The minimum atomic E-state index is 0.332. The molecule has 2 heterocycles. The SMILES string of the molecule is COc1cnc2cccc(-c3nocc3C(C)C)c2c1Br. The monoisotopic (exact) mass is 346 g/mol. The number of aromatic nitrogens is 2. The molecular weight excluding hydrogens is 332 g/mol. The van der Waals surface area contributed by atoms with Crippen molar-refractivity contribution >= 4 is 26.8 Å². The lowest BCUT2D eigenvalue weighted by molar-refractivity contribution is 0.411. The largest absolute Gasteiger partial charge is 0.494 e. The van der Waals surface area contributed by atoms with Crippen LogP contribution >= 0.6 is 15.9 Å². The smallest absolute Gasteiger partial charge is 0.151 e. The Morgan fingerprint density at radius 3 is 2.81 bits per heavy atom. The first kappa shape index (κ1) is 14.1. The lowest BCUT2D eigenvalue weighted by atomic mass is 9.97. The van der Waals surface area contributed by atoms with Crippen molar-refractivity contribution in [3.8, 4) is 17.0 Å². The van der Waals surface area contributed by atoms with E-state index in [-0.39, 0.29) is 0 Å². The molecule has 0 spiro atoms. The molecule has 3 rings (SSSR count). The summed E-state index contributed by atoms with van der Waals surface area (Å²) in [6, 6.07) is 5.97. The lowest BCUT2D eigenvalue weighted by Crippen LogP contribution is -1.93. The lowest BCUT2D eigenvalue weighted by Gasteiger charge is -2.11. The quantitative estimate of drug-likeness (QED) is 0.684. The fourth-order valence-corrected chi connectivity index (χ4v) is 3.07. The summed E-state index contributed by atoms with van der Waals surface area (Å²) in [7, 11) is 1.63. The average molecular weight is 347 g/mol. The Morgan fingerprint density at radius 1 is 1.29 bits per heavy atom. The summed E-state index contributed by atoms with van der Waals surface area (Å²) in [6.07, 6.45) is 3.42. The van der Waals surface area contributed by atoms with Gasteiger partial charge >= 0.3 is 0 Å². The summed E-state index contributed by atoms with van der Waals surface area (Å²) >= 11 is 3.62. The van der Waals surface area contributed by atoms with E-state index in [0.29, 0.717) is 11.7 Å². The highest BCUT2D eigenvalue weighted by atomic mass is 79.9. The zero-order valence-corrected chi connectivity index (χ0v) is 13.6. The maximum atomic E-state index is 5.35. The van der Waals surface area contributed by atoms with Gasteiger partial charge in [-0.2, -0.15) is 0 Å². The fourth-order valence-electron chi connectivity index (χ4n) is 2.38. The number of nitrogens with zero attached hydrogens (tertiary/aromatic N) is 2. The summed E-state index contributed by atoms with van der Waals surface area (Å²) in [5.74, 6) is 1.03. The summed E-state index contributed by atoms with van der Waals surface area (Å²) in [5, 5.41) is 5.17. The molecule has 0 aliphatic rings. The van der Waals surface area contributed by atoms with Gasteiger partial charge < -0.3 is 9.26 Å². The molecule has 0 bridgehead atoms. The zero-order valence-electron chi connectivity index (χ0n) is 12.1.